The number of carbonyl (C=O) groups is 1. The van der Waals surface area contributed by atoms with Gasteiger partial charge in [0, 0.05) is 28.7 Å². The summed E-state index contributed by atoms with van der Waals surface area (Å²) in [4.78, 5) is 28.9. The molecule has 0 amide bonds. The number of hydrogen-bond acceptors (Lipinski definition) is 4. The molecule has 0 spiro atoms. The molecule has 146 valence electrons. The van der Waals surface area contributed by atoms with Gasteiger partial charge in [0.05, 0.1) is 24.9 Å². The third-order valence-corrected chi connectivity index (χ3v) is 5.55. The van der Waals surface area contributed by atoms with Crippen molar-refractivity contribution in [3.05, 3.63) is 63.0 Å². The van der Waals surface area contributed by atoms with Gasteiger partial charge in [0.25, 0.3) is 0 Å². The molecule has 2 aromatic heterocycles. The van der Waals surface area contributed by atoms with E-state index in [4.69, 9.17) is 0 Å². The monoisotopic (exact) mass is 379 g/mol. The summed E-state index contributed by atoms with van der Waals surface area (Å²) in [6, 6.07) is 8.00. The Kier molecular flexibility index (Phi) is 4.67. The average molecular weight is 379 g/mol. The molecule has 0 bridgehead atoms. The molecule has 0 radical (unpaired) electrons. The molecule has 6 heteroatoms. The molecule has 1 aliphatic rings. The standard InChI is InChI=1S/C22H25N3O3/c1-13-7-8-19-18(9-13)17-5-4-6-20(27)21(17)25(19)12-16(26)11-24-15(3)10-14(2)23-22(24)28/h7-10,16,26H,4-6,11-12H2,1-3H3/t16-/m1/s1. The van der Waals surface area contributed by atoms with Crippen LogP contribution in [0.2, 0.25) is 0 Å². The second-order valence-electron chi connectivity index (χ2n) is 7.82. The Morgan fingerprint density at radius 2 is 1.82 bits per heavy atom. The van der Waals surface area contributed by atoms with Crippen LogP contribution in [0.4, 0.5) is 0 Å². The molecule has 1 aliphatic carbocycles. The lowest BCUT2D eigenvalue weighted by Gasteiger charge is -2.19. The normalized spacial score (nSPS) is 15.1. The van der Waals surface area contributed by atoms with Crippen molar-refractivity contribution in [2.45, 2.75) is 59.2 Å². The van der Waals surface area contributed by atoms with Gasteiger partial charge in [0.1, 0.15) is 0 Å². The predicted molar refractivity (Wildman–Crippen MR) is 108 cm³/mol. The summed E-state index contributed by atoms with van der Waals surface area (Å²) in [6.07, 6.45) is 1.48. The number of carbonyl (C=O) groups excluding carboxylic acids is 1. The molecule has 2 heterocycles. The number of ketones is 1. The number of benzene rings is 1. The van der Waals surface area contributed by atoms with Crippen molar-refractivity contribution in [3.63, 3.8) is 0 Å². The third-order valence-electron chi connectivity index (χ3n) is 5.55. The number of aliphatic hydroxyl groups is 1. The maximum Gasteiger partial charge on any atom is 0.348 e. The average Bonchev–Trinajstić information content (AvgIpc) is 2.92. The van der Waals surface area contributed by atoms with Gasteiger partial charge in [-0.05, 0) is 57.4 Å². The smallest absolute Gasteiger partial charge is 0.348 e. The van der Waals surface area contributed by atoms with E-state index in [9.17, 15) is 14.7 Å². The number of fused-ring (bicyclic) bond motifs is 3. The minimum atomic E-state index is -0.809. The number of nitrogens with zero attached hydrogens (tertiary/aromatic N) is 3. The molecule has 28 heavy (non-hydrogen) atoms. The van der Waals surface area contributed by atoms with Crippen LogP contribution in [0.25, 0.3) is 10.9 Å². The molecule has 1 N–H and O–H groups in total. The quantitative estimate of drug-likeness (QED) is 0.756. The lowest BCUT2D eigenvalue weighted by Crippen LogP contribution is -2.33. The van der Waals surface area contributed by atoms with E-state index in [0.717, 1.165) is 46.3 Å². The van der Waals surface area contributed by atoms with Crippen LogP contribution in [0.15, 0.2) is 29.1 Å². The number of aromatic nitrogens is 3. The van der Waals surface area contributed by atoms with Crippen molar-refractivity contribution in [1.29, 1.82) is 0 Å². The van der Waals surface area contributed by atoms with Gasteiger partial charge < -0.3 is 9.67 Å². The van der Waals surface area contributed by atoms with Crippen LogP contribution in [-0.2, 0) is 19.5 Å². The number of rotatable bonds is 4. The minimum absolute atomic E-state index is 0.132. The molecule has 0 unspecified atom stereocenters. The van der Waals surface area contributed by atoms with E-state index in [1.807, 2.05) is 36.6 Å². The topological polar surface area (TPSA) is 77.1 Å². The van der Waals surface area contributed by atoms with Crippen LogP contribution < -0.4 is 5.69 Å². The molecular weight excluding hydrogens is 354 g/mol. The predicted octanol–water partition coefficient (Wildman–Crippen LogP) is 2.70. The summed E-state index contributed by atoms with van der Waals surface area (Å²) in [5, 5.41) is 11.9. The van der Waals surface area contributed by atoms with E-state index in [1.165, 1.54) is 4.57 Å². The number of Topliss-reactive ketones (excluding diaryl/α,β-unsaturated/α-hetero) is 1. The summed E-state index contributed by atoms with van der Waals surface area (Å²) < 4.78 is 3.43. The number of hydrogen-bond donors (Lipinski definition) is 1. The fraction of sp³-hybridized carbons (Fsp3) is 0.409. The maximum absolute atomic E-state index is 12.7. The van der Waals surface area contributed by atoms with Crippen molar-refractivity contribution >= 4 is 16.7 Å². The highest BCUT2D eigenvalue weighted by Crippen LogP contribution is 2.33. The van der Waals surface area contributed by atoms with Gasteiger partial charge in [-0.1, -0.05) is 11.6 Å². The molecule has 0 saturated carbocycles. The summed E-state index contributed by atoms with van der Waals surface area (Å²) in [5.74, 6) is 0.132. The van der Waals surface area contributed by atoms with E-state index in [2.05, 4.69) is 11.1 Å². The van der Waals surface area contributed by atoms with Gasteiger partial charge in [-0.15, -0.1) is 0 Å². The van der Waals surface area contributed by atoms with Crippen molar-refractivity contribution in [3.8, 4) is 0 Å². The van der Waals surface area contributed by atoms with Crippen LogP contribution >= 0.6 is 0 Å². The molecule has 0 saturated heterocycles. The van der Waals surface area contributed by atoms with Gasteiger partial charge in [-0.25, -0.2) is 4.79 Å². The largest absolute Gasteiger partial charge is 0.389 e. The van der Waals surface area contributed by atoms with Gasteiger partial charge in [-0.3, -0.25) is 9.36 Å². The Morgan fingerprint density at radius 1 is 1.07 bits per heavy atom. The molecule has 6 nitrogen and oxygen atoms in total. The second kappa shape index (κ2) is 7.02. The van der Waals surface area contributed by atoms with Crippen molar-refractivity contribution in [2.24, 2.45) is 0 Å². The lowest BCUT2D eigenvalue weighted by atomic mass is 9.94. The van der Waals surface area contributed by atoms with Crippen LogP contribution in [0.3, 0.4) is 0 Å². The summed E-state index contributed by atoms with van der Waals surface area (Å²) >= 11 is 0. The zero-order valence-corrected chi connectivity index (χ0v) is 16.5. The van der Waals surface area contributed by atoms with E-state index in [-0.39, 0.29) is 24.6 Å². The highest BCUT2D eigenvalue weighted by Gasteiger charge is 2.27. The van der Waals surface area contributed by atoms with Crippen LogP contribution in [0, 0.1) is 20.8 Å². The van der Waals surface area contributed by atoms with E-state index in [1.54, 1.807) is 6.92 Å². The van der Waals surface area contributed by atoms with Crippen molar-refractivity contribution in [2.75, 3.05) is 0 Å². The van der Waals surface area contributed by atoms with E-state index >= 15 is 0 Å². The number of aliphatic hydroxyl groups excluding tert-OH is 1. The maximum atomic E-state index is 12.7. The Morgan fingerprint density at radius 3 is 2.57 bits per heavy atom. The van der Waals surface area contributed by atoms with Gasteiger partial charge in [0.2, 0.25) is 0 Å². The van der Waals surface area contributed by atoms with Crippen molar-refractivity contribution in [1.82, 2.24) is 14.1 Å². The Balaban J connectivity index is 1.73. The highest BCUT2D eigenvalue weighted by molar-refractivity contribution is 6.04. The molecule has 4 rings (SSSR count). The fourth-order valence-corrected chi connectivity index (χ4v) is 4.32. The second-order valence-corrected chi connectivity index (χ2v) is 7.82. The van der Waals surface area contributed by atoms with Crippen molar-refractivity contribution < 1.29 is 9.90 Å². The summed E-state index contributed by atoms with van der Waals surface area (Å²) in [5.41, 5.74) is 5.00. The van der Waals surface area contributed by atoms with Gasteiger partial charge in [0.15, 0.2) is 5.78 Å². The lowest BCUT2D eigenvalue weighted by molar-refractivity contribution is 0.0952. The van der Waals surface area contributed by atoms with Gasteiger partial charge in [-0.2, -0.15) is 4.98 Å². The van der Waals surface area contributed by atoms with E-state index < -0.39 is 6.10 Å². The highest BCUT2D eigenvalue weighted by atomic mass is 16.3. The van der Waals surface area contributed by atoms with E-state index in [0.29, 0.717) is 12.1 Å². The zero-order valence-electron chi connectivity index (χ0n) is 16.5. The Labute approximate surface area is 163 Å². The first kappa shape index (κ1) is 18.6. The van der Waals surface area contributed by atoms with Crippen LogP contribution in [0.1, 0.15) is 45.8 Å². The molecule has 1 atom stereocenters. The Bertz CT molecular complexity index is 1140. The molecule has 0 fully saturated rings. The molecule has 0 aliphatic heterocycles. The first-order valence-corrected chi connectivity index (χ1v) is 9.73. The summed E-state index contributed by atoms with van der Waals surface area (Å²) in [7, 11) is 0. The van der Waals surface area contributed by atoms with Crippen LogP contribution in [0.5, 0.6) is 0 Å². The van der Waals surface area contributed by atoms with Gasteiger partial charge >= 0.3 is 5.69 Å². The fourth-order valence-electron chi connectivity index (χ4n) is 4.32. The Hall–Kier alpha value is -2.73. The molecular formula is C22H25N3O3. The molecule has 3 aromatic rings. The summed E-state index contributed by atoms with van der Waals surface area (Å²) in [6.45, 7) is 6.07. The minimum Gasteiger partial charge on any atom is -0.389 e. The zero-order chi connectivity index (χ0) is 20.0. The number of aryl methyl sites for hydroxylation is 4. The third kappa shape index (κ3) is 3.18. The SMILES string of the molecule is Cc1ccc2c(c1)c1c(n2C[C@H](O)Cn2c(C)cc(C)nc2=O)C(=O)CCC1. The first-order chi connectivity index (χ1) is 13.3. The van der Waals surface area contributed by atoms with Crippen LogP contribution in [-0.4, -0.2) is 31.1 Å². The first-order valence-electron chi connectivity index (χ1n) is 9.73. The molecule has 1 aromatic carbocycles.